The number of para-hydroxylation sites is 1. The second-order valence-corrected chi connectivity index (χ2v) is 8.25. The molecule has 31 heavy (non-hydrogen) atoms. The number of piperidine rings is 1. The minimum Gasteiger partial charge on any atom is -0.496 e. The number of hydrogen-bond acceptors (Lipinski definition) is 5. The van der Waals surface area contributed by atoms with Gasteiger partial charge in [0.25, 0.3) is 0 Å². The average molecular weight is 419 g/mol. The van der Waals surface area contributed by atoms with E-state index >= 15 is 0 Å². The monoisotopic (exact) mass is 418 g/mol. The fourth-order valence-corrected chi connectivity index (χ4v) is 4.30. The van der Waals surface area contributed by atoms with Crippen LogP contribution in [0.2, 0.25) is 0 Å². The number of likely N-dealkylation sites (tertiary alicyclic amines) is 1. The van der Waals surface area contributed by atoms with Crippen LogP contribution in [-0.2, 0) is 17.8 Å². The van der Waals surface area contributed by atoms with Gasteiger partial charge >= 0.3 is 0 Å². The molecule has 0 aliphatic carbocycles. The van der Waals surface area contributed by atoms with Crippen molar-refractivity contribution in [2.24, 2.45) is 5.92 Å². The number of ether oxygens (including phenoxy) is 1. The van der Waals surface area contributed by atoms with Gasteiger partial charge in [-0.1, -0.05) is 42.5 Å². The lowest BCUT2D eigenvalue weighted by molar-refractivity contribution is -0.124. The highest BCUT2D eigenvalue weighted by molar-refractivity contribution is 5.81. The van der Waals surface area contributed by atoms with E-state index in [0.717, 1.165) is 55.1 Å². The Bertz CT molecular complexity index is 1010. The summed E-state index contributed by atoms with van der Waals surface area (Å²) in [4.78, 5) is 19.9. The number of rotatable bonds is 8. The number of benzene rings is 2. The fourth-order valence-electron chi connectivity index (χ4n) is 4.30. The van der Waals surface area contributed by atoms with Gasteiger partial charge in [-0.05, 0) is 50.4 Å². The molecule has 0 bridgehead atoms. The smallest absolute Gasteiger partial charge is 0.230 e. The molecule has 1 saturated heterocycles. The Labute approximate surface area is 184 Å². The van der Waals surface area contributed by atoms with Crippen molar-refractivity contribution in [1.29, 1.82) is 0 Å². The van der Waals surface area contributed by atoms with Gasteiger partial charge in [0.2, 0.25) is 5.89 Å². The molecule has 1 aliphatic heterocycles. The van der Waals surface area contributed by atoms with Crippen molar-refractivity contribution in [3.8, 4) is 17.2 Å². The molecule has 2 heterocycles. The highest BCUT2D eigenvalue weighted by Crippen LogP contribution is 2.31. The second kappa shape index (κ2) is 9.92. The molecule has 0 N–H and O–H groups in total. The molecule has 5 nitrogen and oxygen atoms in total. The summed E-state index contributed by atoms with van der Waals surface area (Å²) in [5.74, 6) is 2.63. The highest BCUT2D eigenvalue weighted by Gasteiger charge is 2.27. The third kappa shape index (κ3) is 5.23. The van der Waals surface area contributed by atoms with Crippen LogP contribution in [0.15, 0.2) is 59.0 Å². The first-order valence-electron chi connectivity index (χ1n) is 11.0. The Morgan fingerprint density at radius 3 is 2.74 bits per heavy atom. The number of aryl methyl sites for hydroxylation is 2. The minimum atomic E-state index is 0.110. The van der Waals surface area contributed by atoms with Gasteiger partial charge in [-0.2, -0.15) is 0 Å². The maximum absolute atomic E-state index is 12.8. The number of Topliss-reactive ketones (excluding diaryl/α,β-unsaturated/α-hetero) is 1. The SMILES string of the molecule is COc1ccccc1-c1nc(CN2CCC[C@H](C(=O)CCc3ccccc3)C2)c(C)o1. The minimum absolute atomic E-state index is 0.110. The third-order valence-corrected chi connectivity index (χ3v) is 6.07. The zero-order valence-corrected chi connectivity index (χ0v) is 18.3. The molecule has 5 heteroatoms. The van der Waals surface area contributed by atoms with Crippen molar-refractivity contribution >= 4 is 5.78 Å². The molecule has 1 aliphatic rings. The number of methoxy groups -OCH3 is 1. The highest BCUT2D eigenvalue weighted by atomic mass is 16.5. The molecular formula is C26H30N2O3. The van der Waals surface area contributed by atoms with Crippen LogP contribution in [0.25, 0.3) is 11.5 Å². The number of hydrogen-bond donors (Lipinski definition) is 0. The first-order chi connectivity index (χ1) is 15.1. The number of carbonyl (C=O) groups excluding carboxylic acids is 1. The van der Waals surface area contributed by atoms with E-state index in [1.165, 1.54) is 5.56 Å². The summed E-state index contributed by atoms with van der Waals surface area (Å²) < 4.78 is 11.4. The molecule has 1 aromatic heterocycles. The lowest BCUT2D eigenvalue weighted by Crippen LogP contribution is -2.38. The number of carbonyl (C=O) groups is 1. The van der Waals surface area contributed by atoms with Crippen LogP contribution in [0.5, 0.6) is 5.75 Å². The van der Waals surface area contributed by atoms with Gasteiger partial charge < -0.3 is 9.15 Å². The Kier molecular flexibility index (Phi) is 6.82. The van der Waals surface area contributed by atoms with E-state index in [2.05, 4.69) is 17.0 Å². The zero-order valence-electron chi connectivity index (χ0n) is 18.3. The van der Waals surface area contributed by atoms with Gasteiger partial charge in [0.05, 0.1) is 18.4 Å². The summed E-state index contributed by atoms with van der Waals surface area (Å²) in [6.07, 6.45) is 3.46. The summed E-state index contributed by atoms with van der Waals surface area (Å²) in [6, 6.07) is 18.0. The molecule has 4 rings (SSSR count). The summed E-state index contributed by atoms with van der Waals surface area (Å²) in [5, 5.41) is 0. The van der Waals surface area contributed by atoms with Gasteiger partial charge in [0.15, 0.2) is 0 Å². The van der Waals surface area contributed by atoms with E-state index < -0.39 is 0 Å². The largest absolute Gasteiger partial charge is 0.496 e. The molecule has 0 saturated carbocycles. The first-order valence-corrected chi connectivity index (χ1v) is 11.0. The van der Waals surface area contributed by atoms with Crippen LogP contribution in [0.1, 0.15) is 36.3 Å². The molecule has 2 aromatic carbocycles. The predicted molar refractivity (Wildman–Crippen MR) is 121 cm³/mol. The quantitative estimate of drug-likeness (QED) is 0.511. The second-order valence-electron chi connectivity index (χ2n) is 8.25. The predicted octanol–water partition coefficient (Wildman–Crippen LogP) is 5.07. The lowest BCUT2D eigenvalue weighted by Gasteiger charge is -2.31. The van der Waals surface area contributed by atoms with Crippen molar-refractivity contribution in [3.63, 3.8) is 0 Å². The third-order valence-electron chi connectivity index (χ3n) is 6.07. The zero-order chi connectivity index (χ0) is 21.6. The Balaban J connectivity index is 1.38. The number of nitrogens with zero attached hydrogens (tertiary/aromatic N) is 2. The summed E-state index contributed by atoms with van der Waals surface area (Å²) in [6.45, 7) is 4.43. The van der Waals surface area contributed by atoms with Gasteiger partial charge in [-0.15, -0.1) is 0 Å². The van der Waals surface area contributed by atoms with Crippen LogP contribution >= 0.6 is 0 Å². The van der Waals surface area contributed by atoms with Crippen LogP contribution in [0, 0.1) is 12.8 Å². The van der Waals surface area contributed by atoms with E-state index in [4.69, 9.17) is 14.1 Å². The van der Waals surface area contributed by atoms with Gasteiger partial charge in [0.1, 0.15) is 17.3 Å². The molecule has 3 aromatic rings. The lowest BCUT2D eigenvalue weighted by atomic mass is 9.90. The molecule has 1 fully saturated rings. The first kappa shape index (κ1) is 21.3. The van der Waals surface area contributed by atoms with Crippen molar-refractivity contribution in [2.75, 3.05) is 20.2 Å². The van der Waals surface area contributed by atoms with Gasteiger partial charge in [-0.25, -0.2) is 4.98 Å². The van der Waals surface area contributed by atoms with E-state index in [0.29, 0.717) is 24.6 Å². The number of oxazole rings is 1. The molecule has 1 atom stereocenters. The van der Waals surface area contributed by atoms with Crippen LogP contribution in [0.3, 0.4) is 0 Å². The average Bonchev–Trinajstić information content (AvgIpc) is 3.18. The molecule has 0 spiro atoms. The van der Waals surface area contributed by atoms with Crippen molar-refractivity contribution in [3.05, 3.63) is 71.6 Å². The van der Waals surface area contributed by atoms with E-state index in [-0.39, 0.29) is 5.92 Å². The number of aromatic nitrogens is 1. The summed E-state index contributed by atoms with van der Waals surface area (Å²) >= 11 is 0. The van der Waals surface area contributed by atoms with Gasteiger partial charge in [0, 0.05) is 25.4 Å². The van der Waals surface area contributed by atoms with Crippen LogP contribution in [-0.4, -0.2) is 35.9 Å². The normalized spacial score (nSPS) is 16.9. The van der Waals surface area contributed by atoms with Crippen LogP contribution in [0.4, 0.5) is 0 Å². The molecule has 0 unspecified atom stereocenters. The van der Waals surface area contributed by atoms with Gasteiger partial charge in [-0.3, -0.25) is 9.69 Å². The molecular weight excluding hydrogens is 388 g/mol. The Morgan fingerprint density at radius 2 is 1.94 bits per heavy atom. The summed E-state index contributed by atoms with van der Waals surface area (Å²) in [7, 11) is 1.65. The van der Waals surface area contributed by atoms with Crippen LogP contribution < -0.4 is 4.74 Å². The van der Waals surface area contributed by atoms with E-state index in [1.807, 2.05) is 49.4 Å². The van der Waals surface area contributed by atoms with Crippen molar-refractivity contribution in [2.45, 2.75) is 39.2 Å². The van der Waals surface area contributed by atoms with E-state index in [9.17, 15) is 4.79 Å². The Hall–Kier alpha value is -2.92. The van der Waals surface area contributed by atoms with Crippen molar-refractivity contribution in [1.82, 2.24) is 9.88 Å². The maximum Gasteiger partial charge on any atom is 0.230 e. The topological polar surface area (TPSA) is 55.6 Å². The molecule has 162 valence electrons. The standard InChI is InChI=1S/C26H30N2O3/c1-19-23(27-26(31-19)22-12-6-7-13-25(22)30-2)18-28-16-8-11-21(17-28)24(29)15-14-20-9-4-3-5-10-20/h3-7,9-10,12-13,21H,8,11,14-18H2,1-2H3/t21-/m0/s1. The molecule has 0 amide bonds. The van der Waals surface area contributed by atoms with E-state index in [1.54, 1.807) is 7.11 Å². The molecule has 0 radical (unpaired) electrons. The van der Waals surface area contributed by atoms with Crippen molar-refractivity contribution < 1.29 is 13.9 Å². The maximum atomic E-state index is 12.8. The number of ketones is 1. The fraction of sp³-hybridized carbons (Fsp3) is 0.385. The summed E-state index contributed by atoms with van der Waals surface area (Å²) in [5.41, 5.74) is 3.01. The Morgan fingerprint density at radius 1 is 1.16 bits per heavy atom.